The molecule has 0 unspecified atom stereocenters. The van der Waals surface area contributed by atoms with E-state index in [0.717, 1.165) is 0 Å². The van der Waals surface area contributed by atoms with Crippen LogP contribution in [-0.2, 0) is 24.3 Å². The lowest BCUT2D eigenvalue weighted by molar-refractivity contribution is -0.153. The molecule has 0 aliphatic rings. The molecule has 1 amide bonds. The van der Waals surface area contributed by atoms with Crippen LogP contribution in [0.3, 0.4) is 0 Å². The fourth-order valence-corrected chi connectivity index (χ4v) is 2.99. The molecule has 0 saturated carbocycles. The molecule has 0 saturated heterocycles. The van der Waals surface area contributed by atoms with Crippen LogP contribution in [0.1, 0.15) is 6.92 Å². The second kappa shape index (κ2) is 9.78. The largest absolute Gasteiger partial charge is 0.497 e. The van der Waals surface area contributed by atoms with Crippen molar-refractivity contribution in [1.29, 1.82) is 0 Å². The van der Waals surface area contributed by atoms with Crippen molar-refractivity contribution < 1.29 is 32.2 Å². The Labute approximate surface area is 152 Å². The number of carbonyl (C=O) groups is 2. The van der Waals surface area contributed by atoms with Gasteiger partial charge in [-0.1, -0.05) is 6.08 Å². The summed E-state index contributed by atoms with van der Waals surface area (Å²) in [5.41, 5.74) is 0. The van der Waals surface area contributed by atoms with Crippen LogP contribution in [0, 0.1) is 0 Å². The van der Waals surface area contributed by atoms with Gasteiger partial charge in [-0.25, -0.2) is 8.42 Å². The van der Waals surface area contributed by atoms with Gasteiger partial charge >= 0.3 is 5.97 Å². The minimum atomic E-state index is -4.07. The van der Waals surface area contributed by atoms with E-state index < -0.39 is 34.5 Å². The Morgan fingerprint density at radius 1 is 1.27 bits per heavy atom. The van der Waals surface area contributed by atoms with Crippen LogP contribution in [0.25, 0.3) is 0 Å². The fraction of sp³-hybridized carbons (Fsp3) is 0.375. The summed E-state index contributed by atoms with van der Waals surface area (Å²) in [6.45, 7) is 4.39. The van der Waals surface area contributed by atoms with Gasteiger partial charge in [-0.3, -0.25) is 9.59 Å². The number of nitrogens with one attached hydrogen (secondary N) is 2. The number of benzene rings is 1. The summed E-state index contributed by atoms with van der Waals surface area (Å²) in [4.78, 5) is 23.2. The molecule has 0 heterocycles. The Balaban J connectivity index is 2.75. The van der Waals surface area contributed by atoms with Crippen LogP contribution >= 0.6 is 0 Å². The van der Waals surface area contributed by atoms with E-state index in [1.165, 1.54) is 45.4 Å². The zero-order chi connectivity index (χ0) is 19.7. The zero-order valence-corrected chi connectivity index (χ0v) is 15.6. The molecule has 0 aromatic heterocycles. The Hall–Kier alpha value is -2.59. The van der Waals surface area contributed by atoms with Gasteiger partial charge in [0.15, 0.2) is 6.10 Å². The van der Waals surface area contributed by atoms with E-state index in [0.29, 0.717) is 5.75 Å². The van der Waals surface area contributed by atoms with Crippen molar-refractivity contribution in [1.82, 2.24) is 10.0 Å². The number of sulfonamides is 1. The smallest absolute Gasteiger partial charge is 0.321 e. The average Bonchev–Trinajstić information content (AvgIpc) is 2.63. The molecule has 1 rings (SSSR count). The molecular weight excluding hydrogens is 364 g/mol. The normalized spacial score (nSPS) is 12.0. The summed E-state index contributed by atoms with van der Waals surface area (Å²) in [5, 5.41) is 2.46. The molecule has 9 nitrogen and oxygen atoms in total. The van der Waals surface area contributed by atoms with Crippen molar-refractivity contribution >= 4 is 21.9 Å². The quantitative estimate of drug-likeness (QED) is 0.436. The highest BCUT2D eigenvalue weighted by atomic mass is 32.2. The van der Waals surface area contributed by atoms with Gasteiger partial charge in [0.05, 0.1) is 14.2 Å². The molecule has 0 aliphatic heterocycles. The van der Waals surface area contributed by atoms with Crippen molar-refractivity contribution in [3.05, 3.63) is 30.9 Å². The lowest BCUT2D eigenvalue weighted by Gasteiger charge is -2.14. The number of hydrogen-bond donors (Lipinski definition) is 2. The van der Waals surface area contributed by atoms with E-state index in [-0.39, 0.29) is 17.2 Å². The summed E-state index contributed by atoms with van der Waals surface area (Å²) in [5.74, 6) is -1.03. The van der Waals surface area contributed by atoms with Gasteiger partial charge in [0.1, 0.15) is 22.9 Å². The van der Waals surface area contributed by atoms with Gasteiger partial charge in [-0.15, -0.1) is 6.58 Å². The van der Waals surface area contributed by atoms with E-state index in [1.807, 2.05) is 0 Å². The maximum Gasteiger partial charge on any atom is 0.321 e. The van der Waals surface area contributed by atoms with Crippen LogP contribution in [0.2, 0.25) is 0 Å². The second-order valence-electron chi connectivity index (χ2n) is 5.01. The Morgan fingerprint density at radius 2 is 1.96 bits per heavy atom. The van der Waals surface area contributed by atoms with Crippen LogP contribution in [0.4, 0.5) is 0 Å². The zero-order valence-electron chi connectivity index (χ0n) is 14.8. The molecule has 1 atom stereocenters. The third kappa shape index (κ3) is 6.05. The Kier molecular flexibility index (Phi) is 8.07. The molecule has 144 valence electrons. The summed E-state index contributed by atoms with van der Waals surface area (Å²) in [7, 11) is -1.36. The van der Waals surface area contributed by atoms with Crippen LogP contribution < -0.4 is 19.5 Å². The van der Waals surface area contributed by atoms with Crippen molar-refractivity contribution in [3.8, 4) is 11.5 Å². The maximum absolute atomic E-state index is 12.4. The molecule has 1 aromatic rings. The summed E-state index contributed by atoms with van der Waals surface area (Å²) in [6, 6.07) is 4.23. The number of ether oxygens (including phenoxy) is 3. The van der Waals surface area contributed by atoms with Crippen molar-refractivity contribution in [3.63, 3.8) is 0 Å². The van der Waals surface area contributed by atoms with Gasteiger partial charge < -0.3 is 19.5 Å². The van der Waals surface area contributed by atoms with Crippen LogP contribution in [-0.4, -0.2) is 53.7 Å². The lowest BCUT2D eigenvalue weighted by atomic mass is 10.3. The molecule has 1 aromatic carbocycles. The minimum Gasteiger partial charge on any atom is -0.497 e. The first-order valence-corrected chi connectivity index (χ1v) is 9.03. The number of esters is 1. The second-order valence-corrected chi connectivity index (χ2v) is 6.74. The van der Waals surface area contributed by atoms with E-state index in [9.17, 15) is 18.0 Å². The molecule has 0 bridgehead atoms. The van der Waals surface area contributed by atoms with E-state index in [1.54, 1.807) is 0 Å². The summed E-state index contributed by atoms with van der Waals surface area (Å²) >= 11 is 0. The highest BCUT2D eigenvalue weighted by Crippen LogP contribution is 2.27. The third-order valence-corrected chi connectivity index (χ3v) is 4.59. The van der Waals surface area contributed by atoms with Gasteiger partial charge in [0, 0.05) is 12.6 Å². The van der Waals surface area contributed by atoms with Crippen molar-refractivity contribution in [2.45, 2.75) is 17.9 Å². The number of rotatable bonds is 10. The van der Waals surface area contributed by atoms with Gasteiger partial charge in [-0.05, 0) is 19.1 Å². The Bertz CT molecular complexity index is 762. The van der Waals surface area contributed by atoms with Gasteiger partial charge in [-0.2, -0.15) is 4.72 Å². The Morgan fingerprint density at radius 3 is 2.54 bits per heavy atom. The highest BCUT2D eigenvalue weighted by Gasteiger charge is 2.23. The predicted octanol–water partition coefficient (Wildman–Crippen LogP) is 0.216. The number of methoxy groups -OCH3 is 2. The molecular formula is C16H22N2O7S. The first-order chi connectivity index (χ1) is 12.2. The number of hydrogen-bond acceptors (Lipinski definition) is 7. The van der Waals surface area contributed by atoms with Gasteiger partial charge in [0.2, 0.25) is 10.0 Å². The molecule has 0 aliphatic carbocycles. The number of amides is 1. The molecule has 2 N–H and O–H groups in total. The SMILES string of the molecule is C=CCNC(=O)[C@@H](C)OC(=O)CNS(=O)(=O)c1cc(OC)ccc1OC. The van der Waals surface area contributed by atoms with Crippen LogP contribution in [0.15, 0.2) is 35.7 Å². The maximum atomic E-state index is 12.4. The van der Waals surface area contributed by atoms with E-state index in [2.05, 4.69) is 16.6 Å². The molecule has 26 heavy (non-hydrogen) atoms. The first kappa shape index (κ1) is 21.5. The number of carbonyl (C=O) groups excluding carboxylic acids is 2. The topological polar surface area (TPSA) is 120 Å². The highest BCUT2D eigenvalue weighted by molar-refractivity contribution is 7.89. The summed E-state index contributed by atoms with van der Waals surface area (Å²) in [6.07, 6.45) is 0.403. The van der Waals surface area contributed by atoms with Crippen LogP contribution in [0.5, 0.6) is 11.5 Å². The average molecular weight is 386 g/mol. The monoisotopic (exact) mass is 386 g/mol. The molecule has 0 radical (unpaired) electrons. The fourth-order valence-electron chi connectivity index (χ4n) is 1.83. The molecule has 0 spiro atoms. The minimum absolute atomic E-state index is 0.0869. The van der Waals surface area contributed by atoms with E-state index >= 15 is 0 Å². The van der Waals surface area contributed by atoms with Crippen molar-refractivity contribution in [2.24, 2.45) is 0 Å². The first-order valence-electron chi connectivity index (χ1n) is 7.55. The summed E-state index contributed by atoms with van der Waals surface area (Å²) < 4.78 is 41.8. The van der Waals surface area contributed by atoms with E-state index in [4.69, 9.17) is 14.2 Å². The molecule has 0 fully saturated rings. The standard InChI is InChI=1S/C16H22N2O7S/c1-5-8-17-16(20)11(2)25-15(19)10-18-26(21,22)14-9-12(23-3)6-7-13(14)24-4/h5-7,9,11,18H,1,8,10H2,2-4H3,(H,17,20)/t11-/m1/s1. The van der Waals surface area contributed by atoms with Gasteiger partial charge in [0.25, 0.3) is 5.91 Å². The molecule has 10 heteroatoms. The lowest BCUT2D eigenvalue weighted by Crippen LogP contribution is -2.38. The van der Waals surface area contributed by atoms with Crippen molar-refractivity contribution in [2.75, 3.05) is 27.3 Å². The third-order valence-electron chi connectivity index (χ3n) is 3.16. The predicted molar refractivity (Wildman–Crippen MR) is 93.5 cm³/mol.